The summed E-state index contributed by atoms with van der Waals surface area (Å²) in [6, 6.07) is 21.4. The minimum absolute atomic E-state index is 0.107. The second-order valence-electron chi connectivity index (χ2n) is 6.00. The third-order valence-corrected chi connectivity index (χ3v) is 4.48. The Morgan fingerprint density at radius 3 is 2.19 bits per heavy atom. The molecular formula is C23H17BrO3. The lowest BCUT2D eigenvalue weighted by molar-refractivity contribution is 0.0734. The molecule has 4 heteroatoms. The molecule has 0 heterocycles. The van der Waals surface area contributed by atoms with Gasteiger partial charge in [0.25, 0.3) is 0 Å². The molecule has 27 heavy (non-hydrogen) atoms. The van der Waals surface area contributed by atoms with Crippen molar-refractivity contribution in [3.63, 3.8) is 0 Å². The van der Waals surface area contributed by atoms with E-state index >= 15 is 0 Å². The van der Waals surface area contributed by atoms with Crippen LogP contribution in [0.2, 0.25) is 0 Å². The standard InChI is InChI=1S/C23H17BrO3/c1-16-6-8-17(9-7-16)21(25)15-12-18-4-2-3-5-22(18)27-23(26)19-10-13-20(24)14-11-19/h2-15H,1H3/b15-12+. The fourth-order valence-corrected chi connectivity index (χ4v) is 2.70. The number of benzene rings is 3. The number of carbonyl (C=O) groups excluding carboxylic acids is 2. The molecule has 3 aromatic carbocycles. The van der Waals surface area contributed by atoms with Crippen LogP contribution in [0.5, 0.6) is 5.75 Å². The number of aryl methyl sites for hydroxylation is 1. The second kappa shape index (κ2) is 8.60. The molecular weight excluding hydrogens is 404 g/mol. The number of esters is 1. The Labute approximate surface area is 166 Å². The number of ketones is 1. The molecule has 0 saturated heterocycles. The van der Waals surface area contributed by atoms with E-state index in [0.717, 1.165) is 10.0 Å². The quantitative estimate of drug-likeness (QED) is 0.224. The van der Waals surface area contributed by atoms with E-state index in [1.807, 2.05) is 25.1 Å². The zero-order valence-electron chi connectivity index (χ0n) is 14.7. The predicted octanol–water partition coefficient (Wildman–Crippen LogP) is 5.87. The molecule has 0 aliphatic carbocycles. The van der Waals surface area contributed by atoms with Gasteiger partial charge in [-0.25, -0.2) is 4.79 Å². The van der Waals surface area contributed by atoms with Gasteiger partial charge >= 0.3 is 5.97 Å². The van der Waals surface area contributed by atoms with Gasteiger partial charge in [-0.1, -0.05) is 64.0 Å². The molecule has 0 aliphatic heterocycles. The van der Waals surface area contributed by atoms with Crippen molar-refractivity contribution in [2.24, 2.45) is 0 Å². The Hall–Kier alpha value is -2.98. The van der Waals surface area contributed by atoms with Crippen molar-refractivity contribution in [3.05, 3.63) is 106 Å². The Kier molecular flexibility index (Phi) is 5.99. The summed E-state index contributed by atoms with van der Waals surface area (Å²) in [4.78, 5) is 24.7. The van der Waals surface area contributed by atoms with E-state index in [4.69, 9.17) is 4.74 Å². The summed E-state index contributed by atoms with van der Waals surface area (Å²) in [5.74, 6) is -0.157. The lowest BCUT2D eigenvalue weighted by Gasteiger charge is -2.07. The fourth-order valence-electron chi connectivity index (χ4n) is 2.44. The Bertz CT molecular complexity index is 987. The SMILES string of the molecule is Cc1ccc(C(=O)/C=C/c2ccccc2OC(=O)c2ccc(Br)cc2)cc1. The third kappa shape index (κ3) is 5.02. The number of hydrogen-bond donors (Lipinski definition) is 0. The highest BCUT2D eigenvalue weighted by Crippen LogP contribution is 2.22. The molecule has 3 rings (SSSR count). The van der Waals surface area contributed by atoms with E-state index < -0.39 is 5.97 Å². The lowest BCUT2D eigenvalue weighted by Crippen LogP contribution is -2.09. The highest BCUT2D eigenvalue weighted by Gasteiger charge is 2.11. The van der Waals surface area contributed by atoms with Crippen LogP contribution in [0.4, 0.5) is 0 Å². The molecule has 0 amide bonds. The monoisotopic (exact) mass is 420 g/mol. The van der Waals surface area contributed by atoms with Crippen LogP contribution in [0.1, 0.15) is 31.8 Å². The van der Waals surface area contributed by atoms with Crippen molar-refractivity contribution < 1.29 is 14.3 Å². The smallest absolute Gasteiger partial charge is 0.343 e. The summed E-state index contributed by atoms with van der Waals surface area (Å²) < 4.78 is 6.39. The van der Waals surface area contributed by atoms with Crippen molar-refractivity contribution in [2.75, 3.05) is 0 Å². The molecule has 0 radical (unpaired) electrons. The number of ether oxygens (including phenoxy) is 1. The first-order valence-corrected chi connectivity index (χ1v) is 9.18. The minimum atomic E-state index is -0.451. The van der Waals surface area contributed by atoms with E-state index in [0.29, 0.717) is 22.4 Å². The van der Waals surface area contributed by atoms with Crippen molar-refractivity contribution in [3.8, 4) is 5.75 Å². The Balaban J connectivity index is 1.77. The van der Waals surface area contributed by atoms with Crippen LogP contribution < -0.4 is 4.74 Å². The van der Waals surface area contributed by atoms with Crippen molar-refractivity contribution in [1.82, 2.24) is 0 Å². The number of hydrogen-bond acceptors (Lipinski definition) is 3. The van der Waals surface area contributed by atoms with Crippen molar-refractivity contribution in [1.29, 1.82) is 0 Å². The zero-order chi connectivity index (χ0) is 19.2. The molecule has 0 atom stereocenters. The molecule has 0 fully saturated rings. The largest absolute Gasteiger partial charge is 0.422 e. The van der Waals surface area contributed by atoms with Crippen LogP contribution in [-0.4, -0.2) is 11.8 Å². The molecule has 0 aromatic heterocycles. The maximum Gasteiger partial charge on any atom is 0.343 e. The Morgan fingerprint density at radius 1 is 0.852 bits per heavy atom. The summed E-state index contributed by atoms with van der Waals surface area (Å²) in [5.41, 5.74) is 2.82. The van der Waals surface area contributed by atoms with Crippen LogP contribution in [0.25, 0.3) is 6.08 Å². The Morgan fingerprint density at radius 2 is 1.48 bits per heavy atom. The zero-order valence-corrected chi connectivity index (χ0v) is 16.3. The van der Waals surface area contributed by atoms with Crippen LogP contribution in [-0.2, 0) is 0 Å². The first kappa shape index (κ1) is 18.8. The molecule has 0 unspecified atom stereocenters. The summed E-state index contributed by atoms with van der Waals surface area (Å²) in [7, 11) is 0. The predicted molar refractivity (Wildman–Crippen MR) is 110 cm³/mol. The molecule has 0 saturated carbocycles. The van der Waals surface area contributed by atoms with Gasteiger partial charge in [0.15, 0.2) is 5.78 Å². The van der Waals surface area contributed by atoms with Gasteiger partial charge in [0.1, 0.15) is 5.75 Å². The maximum atomic E-state index is 12.3. The van der Waals surface area contributed by atoms with Gasteiger partial charge in [-0.3, -0.25) is 4.79 Å². The molecule has 0 N–H and O–H groups in total. The van der Waals surface area contributed by atoms with Crippen LogP contribution in [0.15, 0.2) is 83.3 Å². The van der Waals surface area contributed by atoms with Gasteiger partial charge in [0, 0.05) is 15.6 Å². The van der Waals surface area contributed by atoms with E-state index in [1.54, 1.807) is 60.7 Å². The first-order chi connectivity index (χ1) is 13.0. The van der Waals surface area contributed by atoms with Crippen molar-refractivity contribution >= 4 is 33.8 Å². The average Bonchev–Trinajstić information content (AvgIpc) is 2.68. The number of para-hydroxylation sites is 1. The number of halogens is 1. The van der Waals surface area contributed by atoms with Crippen LogP contribution in [0, 0.1) is 6.92 Å². The topological polar surface area (TPSA) is 43.4 Å². The number of carbonyl (C=O) groups is 2. The fraction of sp³-hybridized carbons (Fsp3) is 0.0435. The molecule has 3 aromatic rings. The van der Waals surface area contributed by atoms with Crippen LogP contribution >= 0.6 is 15.9 Å². The lowest BCUT2D eigenvalue weighted by atomic mass is 10.1. The maximum absolute atomic E-state index is 12.3. The average molecular weight is 421 g/mol. The van der Waals surface area contributed by atoms with Gasteiger partial charge in [0.05, 0.1) is 5.56 Å². The first-order valence-electron chi connectivity index (χ1n) is 8.39. The van der Waals surface area contributed by atoms with Crippen molar-refractivity contribution in [2.45, 2.75) is 6.92 Å². The molecule has 0 bridgehead atoms. The molecule has 0 aliphatic rings. The summed E-state index contributed by atoms with van der Waals surface area (Å²) in [5, 5.41) is 0. The summed E-state index contributed by atoms with van der Waals surface area (Å²) in [6.07, 6.45) is 3.14. The van der Waals surface area contributed by atoms with E-state index in [1.165, 1.54) is 6.08 Å². The highest BCUT2D eigenvalue weighted by atomic mass is 79.9. The minimum Gasteiger partial charge on any atom is -0.422 e. The molecule has 0 spiro atoms. The second-order valence-corrected chi connectivity index (χ2v) is 6.91. The van der Waals surface area contributed by atoms with Crippen LogP contribution in [0.3, 0.4) is 0 Å². The van der Waals surface area contributed by atoms with Gasteiger partial charge in [-0.05, 0) is 49.4 Å². The van der Waals surface area contributed by atoms with Gasteiger partial charge in [-0.15, -0.1) is 0 Å². The summed E-state index contributed by atoms with van der Waals surface area (Å²) in [6.45, 7) is 1.97. The van der Waals surface area contributed by atoms with E-state index in [-0.39, 0.29) is 5.78 Å². The van der Waals surface area contributed by atoms with E-state index in [2.05, 4.69) is 15.9 Å². The van der Waals surface area contributed by atoms with Gasteiger partial charge in [-0.2, -0.15) is 0 Å². The normalized spacial score (nSPS) is 10.7. The van der Waals surface area contributed by atoms with Gasteiger partial charge in [0.2, 0.25) is 0 Å². The van der Waals surface area contributed by atoms with Gasteiger partial charge < -0.3 is 4.74 Å². The van der Waals surface area contributed by atoms with E-state index in [9.17, 15) is 9.59 Å². The highest BCUT2D eigenvalue weighted by molar-refractivity contribution is 9.10. The third-order valence-electron chi connectivity index (χ3n) is 3.95. The molecule has 134 valence electrons. The number of rotatable bonds is 5. The number of allylic oxidation sites excluding steroid dienone is 1. The molecule has 3 nitrogen and oxygen atoms in total. The summed E-state index contributed by atoms with van der Waals surface area (Å²) >= 11 is 3.34.